The number of piperazine rings is 1. The normalized spacial score (nSPS) is 20.3. The second-order valence-corrected chi connectivity index (χ2v) is 8.70. The van der Waals surface area contributed by atoms with Gasteiger partial charge >= 0.3 is 0 Å². The summed E-state index contributed by atoms with van der Waals surface area (Å²) >= 11 is 0. The Morgan fingerprint density at radius 3 is 2.41 bits per heavy atom. The van der Waals surface area contributed by atoms with Crippen LogP contribution in [0, 0.1) is 0 Å². The SMILES string of the molecule is Cn1cnc2cc(C(=O)N3CCN(S(=O)(=O)N4CCOCC4)CC3)ccc21. The number of aryl methyl sites for hydroxylation is 1. The lowest BCUT2D eigenvalue weighted by Crippen LogP contribution is -2.55. The van der Waals surface area contributed by atoms with Crippen LogP contribution in [0.25, 0.3) is 11.0 Å². The zero-order valence-corrected chi connectivity index (χ0v) is 16.1. The maximum atomic E-state index is 12.8. The summed E-state index contributed by atoms with van der Waals surface area (Å²) in [6.07, 6.45) is 1.72. The number of rotatable bonds is 3. The predicted octanol–water partition coefficient (Wildman–Crippen LogP) is -0.0919. The van der Waals surface area contributed by atoms with Crippen molar-refractivity contribution >= 4 is 27.1 Å². The lowest BCUT2D eigenvalue weighted by molar-refractivity contribution is 0.0636. The van der Waals surface area contributed by atoms with E-state index in [4.69, 9.17) is 4.74 Å². The highest BCUT2D eigenvalue weighted by molar-refractivity contribution is 7.86. The third kappa shape index (κ3) is 3.45. The third-order valence-corrected chi connectivity index (χ3v) is 7.16. The summed E-state index contributed by atoms with van der Waals surface area (Å²) in [4.78, 5) is 18.8. The van der Waals surface area contributed by atoms with Crippen LogP contribution in [-0.2, 0) is 22.0 Å². The molecule has 1 aromatic carbocycles. The van der Waals surface area contributed by atoms with Gasteiger partial charge in [-0.2, -0.15) is 17.0 Å². The van der Waals surface area contributed by atoms with Crippen molar-refractivity contribution in [3.63, 3.8) is 0 Å². The Morgan fingerprint density at radius 2 is 1.70 bits per heavy atom. The second kappa shape index (κ2) is 7.19. The van der Waals surface area contributed by atoms with Crippen LogP contribution in [0.1, 0.15) is 10.4 Å². The molecule has 2 aliphatic rings. The fourth-order valence-corrected chi connectivity index (χ4v) is 5.08. The Balaban J connectivity index is 1.42. The van der Waals surface area contributed by atoms with Crippen molar-refractivity contribution in [2.75, 3.05) is 52.5 Å². The minimum Gasteiger partial charge on any atom is -0.379 e. The number of benzene rings is 1. The number of hydrogen-bond acceptors (Lipinski definition) is 5. The molecule has 2 aromatic rings. The van der Waals surface area contributed by atoms with Gasteiger partial charge in [0.25, 0.3) is 16.1 Å². The van der Waals surface area contributed by atoms with Crippen LogP contribution in [-0.4, -0.2) is 89.9 Å². The van der Waals surface area contributed by atoms with Gasteiger partial charge in [-0.15, -0.1) is 0 Å². The van der Waals surface area contributed by atoms with Crippen LogP contribution >= 0.6 is 0 Å². The largest absolute Gasteiger partial charge is 0.379 e. The second-order valence-electron chi connectivity index (χ2n) is 6.77. The summed E-state index contributed by atoms with van der Waals surface area (Å²) in [7, 11) is -1.58. The predicted molar refractivity (Wildman–Crippen MR) is 99.5 cm³/mol. The Kier molecular flexibility index (Phi) is 4.89. The highest BCUT2D eigenvalue weighted by atomic mass is 32.2. The molecule has 0 N–H and O–H groups in total. The molecule has 0 aliphatic carbocycles. The highest BCUT2D eigenvalue weighted by Crippen LogP contribution is 2.18. The number of nitrogens with zero attached hydrogens (tertiary/aromatic N) is 5. The van der Waals surface area contributed by atoms with E-state index >= 15 is 0 Å². The van der Waals surface area contributed by atoms with E-state index in [1.54, 1.807) is 23.4 Å². The van der Waals surface area contributed by atoms with Crippen molar-refractivity contribution in [3.05, 3.63) is 30.1 Å². The van der Waals surface area contributed by atoms with Crippen molar-refractivity contribution in [2.24, 2.45) is 7.05 Å². The van der Waals surface area contributed by atoms with E-state index in [0.29, 0.717) is 58.0 Å². The average molecular weight is 393 g/mol. The van der Waals surface area contributed by atoms with Gasteiger partial charge in [0.05, 0.1) is 30.6 Å². The zero-order chi connectivity index (χ0) is 19.0. The van der Waals surface area contributed by atoms with E-state index < -0.39 is 10.2 Å². The smallest absolute Gasteiger partial charge is 0.282 e. The first-order chi connectivity index (χ1) is 13.0. The maximum absolute atomic E-state index is 12.8. The van der Waals surface area contributed by atoms with E-state index in [1.165, 1.54) is 8.61 Å². The molecule has 0 unspecified atom stereocenters. The molecule has 0 radical (unpaired) electrons. The minimum atomic E-state index is -3.49. The number of morpholine rings is 1. The summed E-state index contributed by atoms with van der Waals surface area (Å²) in [6.45, 7) is 2.97. The Morgan fingerprint density at radius 1 is 1.04 bits per heavy atom. The number of amides is 1. The molecule has 3 heterocycles. The monoisotopic (exact) mass is 393 g/mol. The number of carbonyl (C=O) groups excluding carboxylic acids is 1. The summed E-state index contributed by atoms with van der Waals surface area (Å²) in [5.74, 6) is -0.0917. The summed E-state index contributed by atoms with van der Waals surface area (Å²) in [5.41, 5.74) is 2.32. The average Bonchev–Trinajstić information content (AvgIpc) is 3.08. The van der Waals surface area contributed by atoms with Gasteiger partial charge < -0.3 is 14.2 Å². The number of hydrogen-bond donors (Lipinski definition) is 0. The molecular formula is C17H23N5O4S. The highest BCUT2D eigenvalue weighted by Gasteiger charge is 2.34. The number of imidazole rings is 1. The Bertz CT molecular complexity index is 943. The van der Waals surface area contributed by atoms with Gasteiger partial charge in [0, 0.05) is 51.9 Å². The van der Waals surface area contributed by atoms with Crippen LogP contribution < -0.4 is 0 Å². The number of ether oxygens (including phenoxy) is 1. The van der Waals surface area contributed by atoms with Crippen molar-refractivity contribution in [3.8, 4) is 0 Å². The van der Waals surface area contributed by atoms with Crippen LogP contribution in [0.5, 0.6) is 0 Å². The number of fused-ring (bicyclic) bond motifs is 1. The molecule has 0 bridgehead atoms. The van der Waals surface area contributed by atoms with Crippen LogP contribution in [0.15, 0.2) is 24.5 Å². The van der Waals surface area contributed by atoms with Gasteiger partial charge in [0.1, 0.15) is 0 Å². The molecule has 9 nitrogen and oxygen atoms in total. The molecule has 2 aliphatic heterocycles. The van der Waals surface area contributed by atoms with E-state index in [1.807, 2.05) is 17.7 Å². The van der Waals surface area contributed by atoms with Gasteiger partial charge in [-0.05, 0) is 18.2 Å². The summed E-state index contributed by atoms with van der Waals surface area (Å²) < 4.78 is 35.5. The van der Waals surface area contributed by atoms with E-state index in [9.17, 15) is 13.2 Å². The lowest BCUT2D eigenvalue weighted by atomic mass is 10.1. The molecular weight excluding hydrogens is 370 g/mol. The molecule has 1 aromatic heterocycles. The van der Waals surface area contributed by atoms with Gasteiger partial charge in [-0.3, -0.25) is 4.79 Å². The fourth-order valence-electron chi connectivity index (χ4n) is 3.51. The van der Waals surface area contributed by atoms with Crippen LogP contribution in [0.4, 0.5) is 0 Å². The molecule has 10 heteroatoms. The zero-order valence-electron chi connectivity index (χ0n) is 15.2. The molecule has 0 saturated carbocycles. The van der Waals surface area contributed by atoms with Gasteiger partial charge in [0.2, 0.25) is 0 Å². The number of aromatic nitrogens is 2. The Hall–Kier alpha value is -2.01. The first-order valence-electron chi connectivity index (χ1n) is 9.00. The summed E-state index contributed by atoms with van der Waals surface area (Å²) in [6, 6.07) is 5.46. The lowest BCUT2D eigenvalue weighted by Gasteiger charge is -2.37. The Labute approximate surface area is 158 Å². The molecule has 2 saturated heterocycles. The van der Waals surface area contributed by atoms with E-state index in [0.717, 1.165) is 11.0 Å². The van der Waals surface area contributed by atoms with Gasteiger partial charge in [-0.25, -0.2) is 4.98 Å². The molecule has 27 heavy (non-hydrogen) atoms. The third-order valence-electron chi connectivity index (χ3n) is 5.12. The topological polar surface area (TPSA) is 88.0 Å². The van der Waals surface area contributed by atoms with E-state index in [-0.39, 0.29) is 5.91 Å². The maximum Gasteiger partial charge on any atom is 0.282 e. The molecule has 1 amide bonds. The standard InChI is InChI=1S/C17H23N5O4S/c1-19-13-18-15-12-14(2-3-16(15)19)17(23)20-4-6-21(7-5-20)27(24,25)22-8-10-26-11-9-22/h2-3,12-13H,4-11H2,1H3. The first-order valence-corrected chi connectivity index (χ1v) is 10.4. The van der Waals surface area contributed by atoms with Crippen molar-refractivity contribution in [1.29, 1.82) is 0 Å². The molecule has 146 valence electrons. The van der Waals surface area contributed by atoms with E-state index in [2.05, 4.69) is 4.98 Å². The van der Waals surface area contributed by atoms with Crippen molar-refractivity contribution in [1.82, 2.24) is 23.1 Å². The summed E-state index contributed by atoms with van der Waals surface area (Å²) in [5, 5.41) is 0. The van der Waals surface area contributed by atoms with Gasteiger partial charge in [0.15, 0.2) is 0 Å². The minimum absolute atomic E-state index is 0.0917. The van der Waals surface area contributed by atoms with Crippen LogP contribution in [0.3, 0.4) is 0 Å². The molecule has 2 fully saturated rings. The quantitative estimate of drug-likeness (QED) is 0.727. The van der Waals surface area contributed by atoms with Gasteiger partial charge in [-0.1, -0.05) is 0 Å². The molecule has 0 spiro atoms. The fraction of sp³-hybridized carbons (Fsp3) is 0.529. The first kappa shape index (κ1) is 18.4. The molecule has 4 rings (SSSR count). The van der Waals surface area contributed by atoms with Crippen molar-refractivity contribution < 1.29 is 17.9 Å². The van der Waals surface area contributed by atoms with Crippen molar-refractivity contribution in [2.45, 2.75) is 0 Å². The molecule has 0 atom stereocenters. The number of carbonyl (C=O) groups is 1. The van der Waals surface area contributed by atoms with Crippen LogP contribution in [0.2, 0.25) is 0 Å².